The van der Waals surface area contributed by atoms with Crippen molar-refractivity contribution < 1.29 is 21.2 Å². The molecule has 0 aromatic carbocycles. The number of alkyl halides is 2. The number of rotatable bonds is 4. The number of hydrogen-bond donors (Lipinski definition) is 0. The summed E-state index contributed by atoms with van der Waals surface area (Å²) in [4.78, 5) is 0. The Bertz CT molecular complexity index is 23.4. The van der Waals surface area contributed by atoms with E-state index >= 15 is 0 Å². The molecule has 0 heterocycles. The van der Waals surface area contributed by atoms with Crippen LogP contribution in [0.5, 0.6) is 0 Å². The van der Waals surface area contributed by atoms with Crippen LogP contribution in [-0.4, -0.2) is 8.86 Å². The van der Waals surface area contributed by atoms with Crippen LogP contribution in [-0.2, 0) is 0 Å². The number of halogens is 1. The summed E-state index contributed by atoms with van der Waals surface area (Å²) < 4.78 is 3.02. The first kappa shape index (κ1) is 7.73. The second-order valence-corrected chi connectivity index (χ2v) is 5.18. The zero-order valence-corrected chi connectivity index (χ0v) is 7.36. The van der Waals surface area contributed by atoms with Crippen molar-refractivity contribution in [1.29, 1.82) is 0 Å². The average molecular weight is 213 g/mol. The second-order valence-electron chi connectivity index (χ2n) is 1.50. The first-order valence-electron chi connectivity index (χ1n) is 2.95. The van der Waals surface area contributed by atoms with Gasteiger partial charge in [-0.05, 0) is 0 Å². The van der Waals surface area contributed by atoms with Crippen molar-refractivity contribution in [3.8, 4) is 0 Å². The van der Waals surface area contributed by atoms with Crippen LogP contribution >= 0.6 is 0 Å². The van der Waals surface area contributed by atoms with Gasteiger partial charge in [0.2, 0.25) is 0 Å². The minimum absolute atomic E-state index is 0.622. The summed E-state index contributed by atoms with van der Waals surface area (Å²) in [5.41, 5.74) is 0. The van der Waals surface area contributed by atoms with Crippen LogP contribution < -0.4 is 21.2 Å². The van der Waals surface area contributed by atoms with Crippen LogP contribution in [0.2, 0.25) is 0 Å². The van der Waals surface area contributed by atoms with E-state index in [0.717, 1.165) is 0 Å². The Kier molecular flexibility index (Phi) is 7.43. The van der Waals surface area contributed by atoms with Gasteiger partial charge in [0.15, 0.2) is 0 Å². The summed E-state index contributed by atoms with van der Waals surface area (Å²) in [5, 5.41) is 0. The summed E-state index contributed by atoms with van der Waals surface area (Å²) >= 11 is 0.622. The fourth-order valence-corrected chi connectivity index (χ4v) is 2.43. The van der Waals surface area contributed by atoms with Crippen molar-refractivity contribution in [2.45, 2.75) is 26.7 Å². The molecule has 46 valence electrons. The van der Waals surface area contributed by atoms with Crippen LogP contribution in [0.4, 0.5) is 0 Å². The third-order valence-corrected chi connectivity index (χ3v) is 3.41. The van der Waals surface area contributed by atoms with Gasteiger partial charge in [-0.1, -0.05) is 0 Å². The van der Waals surface area contributed by atoms with E-state index in [-0.39, 0.29) is 0 Å². The summed E-state index contributed by atoms with van der Waals surface area (Å²) in [6, 6.07) is 0. The van der Waals surface area contributed by atoms with Crippen LogP contribution in [0.1, 0.15) is 26.7 Å². The molecule has 0 radical (unpaired) electrons. The minimum atomic E-state index is 0.622. The summed E-state index contributed by atoms with van der Waals surface area (Å²) in [6.07, 6.45) is 2.86. The average Bonchev–Trinajstić information content (AvgIpc) is 1.69. The molecule has 0 bridgehead atoms. The van der Waals surface area contributed by atoms with Gasteiger partial charge in [-0.3, -0.25) is 0 Å². The molecule has 0 aliphatic carbocycles. The zero-order chi connectivity index (χ0) is 5.54. The Labute approximate surface area is 56.9 Å². The molecule has 0 amide bonds. The van der Waals surface area contributed by atoms with Gasteiger partial charge in [-0.25, -0.2) is 0 Å². The maximum atomic E-state index is 2.29. The van der Waals surface area contributed by atoms with Gasteiger partial charge in [0, 0.05) is 0 Å². The van der Waals surface area contributed by atoms with Gasteiger partial charge >= 0.3 is 56.7 Å². The van der Waals surface area contributed by atoms with Crippen molar-refractivity contribution in [2.75, 3.05) is 8.86 Å². The first-order chi connectivity index (χ1) is 3.41. The Balaban J connectivity index is 2.45. The van der Waals surface area contributed by atoms with Gasteiger partial charge in [-0.2, -0.15) is 0 Å². The van der Waals surface area contributed by atoms with Crippen molar-refractivity contribution in [3.05, 3.63) is 0 Å². The Hall–Kier alpha value is 0.730. The van der Waals surface area contributed by atoms with Crippen LogP contribution in [0, 0.1) is 0 Å². The van der Waals surface area contributed by atoms with Crippen molar-refractivity contribution >= 4 is 0 Å². The molecule has 0 aliphatic rings. The van der Waals surface area contributed by atoms with E-state index in [1.54, 1.807) is 4.43 Å². The van der Waals surface area contributed by atoms with Crippen molar-refractivity contribution in [1.82, 2.24) is 0 Å². The fourth-order valence-electron chi connectivity index (χ4n) is 0.362. The molecule has 0 rings (SSSR count). The van der Waals surface area contributed by atoms with Gasteiger partial charge in [0.25, 0.3) is 0 Å². The molecule has 0 aromatic rings. The predicted molar refractivity (Wildman–Crippen MR) is 30.3 cm³/mol. The molecule has 0 N–H and O–H groups in total. The van der Waals surface area contributed by atoms with Gasteiger partial charge in [-0.15, -0.1) is 0 Å². The molecule has 0 fully saturated rings. The first-order valence-corrected chi connectivity index (χ1v) is 6.00. The molecule has 0 atom stereocenters. The maximum absolute atomic E-state index is 2.29. The molecule has 0 saturated heterocycles. The van der Waals surface area contributed by atoms with E-state index in [1.165, 1.54) is 17.3 Å². The van der Waals surface area contributed by atoms with E-state index in [2.05, 4.69) is 13.8 Å². The van der Waals surface area contributed by atoms with E-state index in [9.17, 15) is 0 Å². The summed E-state index contributed by atoms with van der Waals surface area (Å²) in [5.74, 6) is 0. The van der Waals surface area contributed by atoms with Crippen molar-refractivity contribution in [2.24, 2.45) is 0 Å². The van der Waals surface area contributed by atoms with E-state index in [0.29, 0.717) is 21.2 Å². The molecule has 0 aliphatic heterocycles. The van der Waals surface area contributed by atoms with Gasteiger partial charge < -0.3 is 0 Å². The second kappa shape index (κ2) is 6.73. The molecule has 0 saturated carbocycles. The van der Waals surface area contributed by atoms with Crippen LogP contribution in [0.15, 0.2) is 0 Å². The molecule has 1 heteroatoms. The van der Waals surface area contributed by atoms with E-state index in [4.69, 9.17) is 0 Å². The predicted octanol–water partition coefficient (Wildman–Crippen LogP) is -1.10. The molecular formula is C6H14I-. The standard InChI is InChI=1S/C6H14I/c1-3-5-6-7-4-2/h3-6H2,1-2H3/q-1. The van der Waals surface area contributed by atoms with Gasteiger partial charge in [0.1, 0.15) is 0 Å². The molecule has 0 spiro atoms. The molecule has 0 aromatic heterocycles. The molecule has 0 nitrogen and oxygen atoms in total. The topological polar surface area (TPSA) is 0 Å². The Morgan fingerprint density at radius 2 is 2.00 bits per heavy atom. The van der Waals surface area contributed by atoms with Crippen LogP contribution in [0.25, 0.3) is 0 Å². The molecule has 0 unspecified atom stereocenters. The normalized spacial score (nSPS) is 10.0. The monoisotopic (exact) mass is 213 g/mol. The number of hydrogen-bond acceptors (Lipinski definition) is 0. The molecular weight excluding hydrogens is 199 g/mol. The molecule has 7 heavy (non-hydrogen) atoms. The third kappa shape index (κ3) is 6.73. The van der Waals surface area contributed by atoms with Crippen LogP contribution in [0.3, 0.4) is 0 Å². The van der Waals surface area contributed by atoms with Gasteiger partial charge in [0.05, 0.1) is 0 Å². The summed E-state index contributed by atoms with van der Waals surface area (Å²) in [7, 11) is 0. The fraction of sp³-hybridized carbons (Fsp3) is 1.00. The Morgan fingerprint density at radius 1 is 1.29 bits per heavy atom. The zero-order valence-electron chi connectivity index (χ0n) is 5.21. The number of unbranched alkanes of at least 4 members (excludes halogenated alkanes) is 1. The SMILES string of the molecule is CCCC[I-]CC. The van der Waals surface area contributed by atoms with Crippen molar-refractivity contribution in [3.63, 3.8) is 0 Å². The quantitative estimate of drug-likeness (QED) is 0.316. The Morgan fingerprint density at radius 3 is 2.43 bits per heavy atom. The van der Waals surface area contributed by atoms with E-state index < -0.39 is 0 Å². The summed E-state index contributed by atoms with van der Waals surface area (Å²) in [6.45, 7) is 4.56. The van der Waals surface area contributed by atoms with E-state index in [1.807, 2.05) is 0 Å². The third-order valence-electron chi connectivity index (χ3n) is 0.810.